The fourth-order valence-corrected chi connectivity index (χ4v) is 2.35. The van der Waals surface area contributed by atoms with E-state index in [9.17, 15) is 4.79 Å². The van der Waals surface area contributed by atoms with Crippen LogP contribution in [-0.2, 0) is 14.3 Å². The highest BCUT2D eigenvalue weighted by molar-refractivity contribution is 5.78. The van der Waals surface area contributed by atoms with Gasteiger partial charge in [-0.05, 0) is 25.8 Å². The van der Waals surface area contributed by atoms with Crippen molar-refractivity contribution in [2.45, 2.75) is 31.4 Å². The highest BCUT2D eigenvalue weighted by atomic mass is 16.5. The highest BCUT2D eigenvalue weighted by Crippen LogP contribution is 2.18. The lowest BCUT2D eigenvalue weighted by Gasteiger charge is -2.36. The van der Waals surface area contributed by atoms with Gasteiger partial charge in [-0.25, -0.2) is 0 Å². The molecule has 2 aliphatic heterocycles. The number of hydrogen-bond donors (Lipinski definition) is 1. The number of morpholine rings is 1. The molecule has 0 saturated carbocycles. The van der Waals surface area contributed by atoms with Gasteiger partial charge in [0.2, 0.25) is 5.91 Å². The van der Waals surface area contributed by atoms with Crippen molar-refractivity contribution in [3.05, 3.63) is 0 Å². The minimum Gasteiger partial charge on any atom is -0.376 e. The zero-order valence-electron chi connectivity index (χ0n) is 9.56. The normalized spacial score (nSPS) is 31.1. The van der Waals surface area contributed by atoms with E-state index in [0.717, 1.165) is 25.9 Å². The predicted molar refractivity (Wildman–Crippen MR) is 59.0 cm³/mol. The van der Waals surface area contributed by atoms with Gasteiger partial charge in [-0.1, -0.05) is 0 Å². The van der Waals surface area contributed by atoms with Crippen LogP contribution < -0.4 is 5.73 Å². The topological polar surface area (TPSA) is 64.8 Å². The molecule has 0 bridgehead atoms. The summed E-state index contributed by atoms with van der Waals surface area (Å²) in [6, 6.07) is 0.135. The number of carbonyl (C=O) groups is 1. The summed E-state index contributed by atoms with van der Waals surface area (Å²) in [5.41, 5.74) is 5.55. The second-order valence-electron chi connectivity index (χ2n) is 4.43. The molecule has 92 valence electrons. The van der Waals surface area contributed by atoms with E-state index in [1.54, 1.807) is 0 Å². The lowest BCUT2D eigenvalue weighted by Crippen LogP contribution is -2.52. The van der Waals surface area contributed by atoms with Gasteiger partial charge in [0.05, 0.1) is 18.8 Å². The molecule has 0 radical (unpaired) electrons. The number of ether oxygens (including phenoxy) is 2. The third-order valence-corrected chi connectivity index (χ3v) is 3.22. The van der Waals surface area contributed by atoms with E-state index in [1.165, 1.54) is 0 Å². The molecule has 2 unspecified atom stereocenters. The van der Waals surface area contributed by atoms with Crippen LogP contribution in [0.2, 0.25) is 0 Å². The Morgan fingerprint density at radius 1 is 1.50 bits per heavy atom. The van der Waals surface area contributed by atoms with Crippen LogP contribution in [0.4, 0.5) is 0 Å². The monoisotopic (exact) mass is 228 g/mol. The minimum absolute atomic E-state index is 0.0696. The van der Waals surface area contributed by atoms with Gasteiger partial charge in [0, 0.05) is 13.2 Å². The van der Waals surface area contributed by atoms with Gasteiger partial charge in [0.1, 0.15) is 6.61 Å². The van der Waals surface area contributed by atoms with Gasteiger partial charge in [0.15, 0.2) is 0 Å². The molecule has 0 aromatic carbocycles. The van der Waals surface area contributed by atoms with Gasteiger partial charge in [-0.3, -0.25) is 4.79 Å². The zero-order chi connectivity index (χ0) is 11.4. The molecule has 2 aliphatic rings. The van der Waals surface area contributed by atoms with E-state index in [4.69, 9.17) is 15.2 Å². The number of nitrogens with two attached hydrogens (primary N) is 1. The van der Waals surface area contributed by atoms with Crippen molar-refractivity contribution in [2.24, 2.45) is 5.73 Å². The Hall–Kier alpha value is -0.650. The average Bonchev–Trinajstić information content (AvgIpc) is 2.76. The van der Waals surface area contributed by atoms with Crippen LogP contribution in [0.25, 0.3) is 0 Å². The molecule has 5 heteroatoms. The van der Waals surface area contributed by atoms with Crippen LogP contribution in [0.5, 0.6) is 0 Å². The Balaban J connectivity index is 1.92. The molecule has 0 spiro atoms. The number of carbonyl (C=O) groups excluding carboxylic acids is 1. The fraction of sp³-hybridized carbons (Fsp3) is 0.909. The van der Waals surface area contributed by atoms with E-state index in [-0.39, 0.29) is 24.7 Å². The quantitative estimate of drug-likeness (QED) is 0.720. The van der Waals surface area contributed by atoms with Gasteiger partial charge in [0.25, 0.3) is 0 Å². The summed E-state index contributed by atoms with van der Waals surface area (Å²) < 4.78 is 10.8. The third-order valence-electron chi connectivity index (χ3n) is 3.22. The molecule has 2 fully saturated rings. The Kier molecular flexibility index (Phi) is 4.15. The van der Waals surface area contributed by atoms with E-state index in [0.29, 0.717) is 19.7 Å². The molecule has 0 aromatic heterocycles. The van der Waals surface area contributed by atoms with Gasteiger partial charge >= 0.3 is 0 Å². The molecule has 2 atom stereocenters. The Morgan fingerprint density at radius 3 is 3.06 bits per heavy atom. The van der Waals surface area contributed by atoms with E-state index in [1.807, 2.05) is 4.90 Å². The van der Waals surface area contributed by atoms with Gasteiger partial charge in [-0.15, -0.1) is 0 Å². The summed E-state index contributed by atoms with van der Waals surface area (Å²) in [5, 5.41) is 0. The summed E-state index contributed by atoms with van der Waals surface area (Å²) in [5.74, 6) is 0.0696. The molecule has 0 aliphatic carbocycles. The van der Waals surface area contributed by atoms with Crippen LogP contribution in [-0.4, -0.2) is 55.9 Å². The second kappa shape index (κ2) is 5.61. The number of rotatable bonds is 4. The van der Waals surface area contributed by atoms with Gasteiger partial charge < -0.3 is 20.1 Å². The molecule has 2 N–H and O–H groups in total. The molecule has 2 heterocycles. The predicted octanol–water partition coefficient (Wildman–Crippen LogP) is -0.258. The van der Waals surface area contributed by atoms with Crippen molar-refractivity contribution >= 4 is 5.91 Å². The lowest BCUT2D eigenvalue weighted by molar-refractivity contribution is -0.150. The van der Waals surface area contributed by atoms with E-state index in [2.05, 4.69) is 0 Å². The standard InChI is InChI=1S/C11H20N2O3/c12-4-3-9-7-15-8-11(14)13(9)6-10-2-1-5-16-10/h9-10H,1-8,12H2. The van der Waals surface area contributed by atoms with Crippen molar-refractivity contribution < 1.29 is 14.3 Å². The Labute approximate surface area is 95.9 Å². The number of nitrogens with zero attached hydrogens (tertiary/aromatic N) is 1. The van der Waals surface area contributed by atoms with E-state index >= 15 is 0 Å². The van der Waals surface area contributed by atoms with Crippen molar-refractivity contribution in [2.75, 3.05) is 32.9 Å². The van der Waals surface area contributed by atoms with Crippen LogP contribution in [0.1, 0.15) is 19.3 Å². The molecular formula is C11H20N2O3. The first-order chi connectivity index (χ1) is 7.81. The summed E-state index contributed by atoms with van der Waals surface area (Å²) >= 11 is 0. The van der Waals surface area contributed by atoms with Crippen molar-refractivity contribution in [1.29, 1.82) is 0 Å². The largest absolute Gasteiger partial charge is 0.376 e. The maximum absolute atomic E-state index is 11.8. The molecular weight excluding hydrogens is 208 g/mol. The number of amides is 1. The fourth-order valence-electron chi connectivity index (χ4n) is 2.35. The van der Waals surface area contributed by atoms with Crippen LogP contribution in [0.15, 0.2) is 0 Å². The summed E-state index contributed by atoms with van der Waals surface area (Å²) in [6.45, 7) is 2.92. The second-order valence-corrected chi connectivity index (χ2v) is 4.43. The van der Waals surface area contributed by atoms with Crippen molar-refractivity contribution in [3.63, 3.8) is 0 Å². The Morgan fingerprint density at radius 2 is 2.38 bits per heavy atom. The first-order valence-corrected chi connectivity index (χ1v) is 6.00. The summed E-state index contributed by atoms with van der Waals surface area (Å²) in [6.07, 6.45) is 3.17. The Bertz CT molecular complexity index is 239. The van der Waals surface area contributed by atoms with Crippen LogP contribution in [0, 0.1) is 0 Å². The maximum atomic E-state index is 11.8. The molecule has 5 nitrogen and oxygen atoms in total. The van der Waals surface area contributed by atoms with E-state index < -0.39 is 0 Å². The molecule has 0 aromatic rings. The summed E-state index contributed by atoms with van der Waals surface area (Å²) in [4.78, 5) is 13.7. The first-order valence-electron chi connectivity index (χ1n) is 6.00. The minimum atomic E-state index is 0.0696. The molecule has 1 amide bonds. The zero-order valence-corrected chi connectivity index (χ0v) is 9.56. The molecule has 2 saturated heterocycles. The van der Waals surface area contributed by atoms with Crippen molar-refractivity contribution in [1.82, 2.24) is 4.90 Å². The maximum Gasteiger partial charge on any atom is 0.248 e. The molecule has 16 heavy (non-hydrogen) atoms. The van der Waals surface area contributed by atoms with Crippen LogP contribution >= 0.6 is 0 Å². The smallest absolute Gasteiger partial charge is 0.248 e. The summed E-state index contributed by atoms with van der Waals surface area (Å²) in [7, 11) is 0. The highest BCUT2D eigenvalue weighted by Gasteiger charge is 2.31. The number of hydrogen-bond acceptors (Lipinski definition) is 4. The van der Waals surface area contributed by atoms with Gasteiger partial charge in [-0.2, -0.15) is 0 Å². The third kappa shape index (κ3) is 2.72. The molecule has 2 rings (SSSR count). The van der Waals surface area contributed by atoms with Crippen LogP contribution in [0.3, 0.4) is 0 Å². The average molecular weight is 228 g/mol. The van der Waals surface area contributed by atoms with Crippen molar-refractivity contribution in [3.8, 4) is 0 Å². The SMILES string of the molecule is NCCC1COCC(=O)N1CC1CCCO1. The lowest BCUT2D eigenvalue weighted by atomic mass is 10.1. The first kappa shape index (κ1) is 11.8.